The van der Waals surface area contributed by atoms with Crippen molar-refractivity contribution in [1.29, 1.82) is 0 Å². The van der Waals surface area contributed by atoms with Gasteiger partial charge in [-0.25, -0.2) is 18.2 Å². The van der Waals surface area contributed by atoms with E-state index in [-0.39, 0.29) is 35.2 Å². The minimum absolute atomic E-state index is 0.0295. The van der Waals surface area contributed by atoms with E-state index in [0.29, 0.717) is 68.9 Å². The Balaban J connectivity index is 0.741. The fourth-order valence-electron chi connectivity index (χ4n) is 10.1. The Labute approximate surface area is 348 Å². The Morgan fingerprint density at radius 3 is 2.48 bits per heavy atom. The van der Waals surface area contributed by atoms with E-state index < -0.39 is 27.6 Å². The number of piperidine rings is 2. The van der Waals surface area contributed by atoms with Crippen molar-refractivity contribution in [1.82, 2.24) is 39.3 Å². The number of amides is 4. The van der Waals surface area contributed by atoms with Crippen LogP contribution in [0.1, 0.15) is 93.2 Å². The van der Waals surface area contributed by atoms with Crippen LogP contribution in [0.3, 0.4) is 0 Å². The predicted octanol–water partition coefficient (Wildman–Crippen LogP) is 3.53. The number of aryl methyl sites for hydroxylation is 1. The maximum absolute atomic E-state index is 13.9. The van der Waals surface area contributed by atoms with Crippen LogP contribution in [-0.2, 0) is 38.6 Å². The van der Waals surface area contributed by atoms with Gasteiger partial charge in [0.05, 0.1) is 17.0 Å². The summed E-state index contributed by atoms with van der Waals surface area (Å²) < 4.78 is 31.1. The standard InChI is InChI=1S/C42H51N11O6S/c1-49-35-20-28(5-6-33(35)37(48-49)52-18-11-36(55)46-41(52)57)27-7-14-50(15-8-27)25-26-19-32(23-43-22-26)60(58,59)51-16-9-29(10-17-51)45-40-44-24-34-38(47-40)53(39(56)42(34)12-13-42)30-3-2-4-31(54)21-30/h5-6,19-20,22-24,27,29-31,54H,2-4,7-18,21,25H2,1H3,(H,44,45,47)(H,46,55,57)/t30-,31?/m1/s1. The van der Waals surface area contributed by atoms with Gasteiger partial charge in [0, 0.05) is 81.3 Å². The molecule has 2 atom stereocenters. The number of fused-ring (bicyclic) bond motifs is 3. The van der Waals surface area contributed by atoms with Gasteiger partial charge in [0.15, 0.2) is 5.82 Å². The molecule has 2 aliphatic carbocycles. The minimum atomic E-state index is -3.76. The van der Waals surface area contributed by atoms with Crippen LogP contribution in [0.5, 0.6) is 0 Å². The lowest BCUT2D eigenvalue weighted by molar-refractivity contribution is -0.121. The number of urea groups is 1. The third-order valence-electron chi connectivity index (χ3n) is 13.7. The van der Waals surface area contributed by atoms with E-state index in [0.717, 1.165) is 80.1 Å². The number of carbonyl (C=O) groups excluding carboxylic acids is 3. The molecule has 60 heavy (non-hydrogen) atoms. The van der Waals surface area contributed by atoms with Crippen molar-refractivity contribution < 1.29 is 27.9 Å². The topological polar surface area (TPSA) is 199 Å². The highest BCUT2D eigenvalue weighted by Gasteiger charge is 2.61. The number of likely N-dealkylation sites (tertiary alicyclic amines) is 1. The number of hydrogen-bond acceptors (Lipinski definition) is 12. The van der Waals surface area contributed by atoms with Crippen molar-refractivity contribution in [2.75, 3.05) is 47.8 Å². The van der Waals surface area contributed by atoms with Gasteiger partial charge < -0.3 is 10.4 Å². The molecular weight excluding hydrogens is 787 g/mol. The number of aromatic nitrogens is 5. The van der Waals surface area contributed by atoms with Gasteiger partial charge in [-0.15, -0.1) is 0 Å². The Morgan fingerprint density at radius 1 is 0.933 bits per heavy atom. The molecule has 4 aromatic rings. The summed E-state index contributed by atoms with van der Waals surface area (Å²) in [6.07, 6.45) is 12.5. The molecule has 4 amide bonds. The molecule has 5 fully saturated rings. The van der Waals surface area contributed by atoms with Crippen LogP contribution in [0, 0.1) is 0 Å². The Hall–Kier alpha value is -5.04. The normalized spacial score (nSPS) is 24.3. The largest absolute Gasteiger partial charge is 0.393 e. The van der Waals surface area contributed by atoms with E-state index in [2.05, 4.69) is 42.7 Å². The van der Waals surface area contributed by atoms with Crippen molar-refractivity contribution in [3.05, 3.63) is 59.5 Å². The van der Waals surface area contributed by atoms with Crippen LogP contribution >= 0.6 is 0 Å². The van der Waals surface area contributed by atoms with Gasteiger partial charge in [0.1, 0.15) is 10.7 Å². The zero-order valence-corrected chi connectivity index (χ0v) is 34.6. The first-order valence-electron chi connectivity index (χ1n) is 21.4. The summed E-state index contributed by atoms with van der Waals surface area (Å²) >= 11 is 0. The summed E-state index contributed by atoms with van der Waals surface area (Å²) in [6.45, 7) is 3.29. The summed E-state index contributed by atoms with van der Waals surface area (Å²) in [6, 6.07) is 7.50. The van der Waals surface area contributed by atoms with Crippen LogP contribution in [0.4, 0.5) is 22.4 Å². The summed E-state index contributed by atoms with van der Waals surface area (Å²) in [5.74, 6) is 1.81. The van der Waals surface area contributed by atoms with E-state index >= 15 is 0 Å². The van der Waals surface area contributed by atoms with Crippen LogP contribution in [0.2, 0.25) is 0 Å². The van der Waals surface area contributed by atoms with Crippen molar-refractivity contribution >= 4 is 56.4 Å². The lowest BCUT2D eigenvalue weighted by atomic mass is 9.89. The van der Waals surface area contributed by atoms with E-state index in [1.807, 2.05) is 18.0 Å². The van der Waals surface area contributed by atoms with Crippen LogP contribution in [0.25, 0.3) is 10.9 Å². The molecule has 316 valence electrons. The van der Waals surface area contributed by atoms with Gasteiger partial charge in [-0.05, 0) is 113 Å². The van der Waals surface area contributed by atoms with Gasteiger partial charge in [0.25, 0.3) is 0 Å². The number of hydrogen-bond donors (Lipinski definition) is 3. The first-order chi connectivity index (χ1) is 29.0. The second-order valence-corrected chi connectivity index (χ2v) is 19.5. The lowest BCUT2D eigenvalue weighted by Crippen LogP contribution is -2.49. The van der Waals surface area contributed by atoms with Crippen LogP contribution < -0.4 is 20.4 Å². The monoisotopic (exact) mass is 837 g/mol. The second kappa shape index (κ2) is 15.1. The number of imide groups is 1. The highest BCUT2D eigenvalue weighted by molar-refractivity contribution is 7.89. The van der Waals surface area contributed by atoms with Crippen molar-refractivity contribution in [3.8, 4) is 0 Å². The molecular formula is C42H51N11O6S. The number of anilines is 3. The van der Waals surface area contributed by atoms with Crippen LogP contribution in [0.15, 0.2) is 47.8 Å². The van der Waals surface area contributed by atoms with Gasteiger partial charge in [-0.3, -0.25) is 39.3 Å². The summed E-state index contributed by atoms with van der Waals surface area (Å²) in [7, 11) is -1.90. The maximum Gasteiger partial charge on any atom is 0.329 e. The number of rotatable bonds is 9. The first kappa shape index (κ1) is 39.1. The third kappa shape index (κ3) is 7.00. The predicted molar refractivity (Wildman–Crippen MR) is 222 cm³/mol. The molecule has 6 aliphatic rings. The smallest absolute Gasteiger partial charge is 0.329 e. The third-order valence-corrected chi connectivity index (χ3v) is 15.6. The molecule has 17 nitrogen and oxygen atoms in total. The number of carbonyl (C=O) groups is 3. The molecule has 1 spiro atoms. The number of sulfonamides is 1. The SMILES string of the molecule is Cn1nc(N2CCC(=O)NC2=O)c2ccc(C3CCN(Cc4cncc(S(=O)(=O)N5CCC(Nc6ncc7c(n6)N([C@@H]6CCCC(O)C6)C(=O)C76CC6)CC5)c4)CC3)cc21. The number of nitrogens with zero attached hydrogens (tertiary/aromatic N) is 9. The molecule has 7 heterocycles. The molecule has 0 radical (unpaired) electrons. The van der Waals surface area contributed by atoms with Gasteiger partial charge in [-0.1, -0.05) is 6.07 Å². The summed E-state index contributed by atoms with van der Waals surface area (Å²) in [5, 5.41) is 21.7. The quantitative estimate of drug-likeness (QED) is 0.222. The fraction of sp³-hybridized carbons (Fsp3) is 0.548. The van der Waals surface area contributed by atoms with E-state index in [9.17, 15) is 27.9 Å². The molecule has 1 aromatic carbocycles. The average molecular weight is 838 g/mol. The Bertz CT molecular complexity index is 2470. The van der Waals surface area contributed by atoms with Crippen LogP contribution in [-0.4, -0.2) is 116 Å². The number of aliphatic hydroxyl groups excluding tert-OH is 1. The molecule has 2 saturated carbocycles. The average Bonchev–Trinajstić information content (AvgIpc) is 3.94. The molecule has 18 heteroatoms. The number of benzene rings is 1. The minimum Gasteiger partial charge on any atom is -0.393 e. The highest BCUT2D eigenvalue weighted by atomic mass is 32.2. The molecule has 3 saturated heterocycles. The second-order valence-electron chi connectivity index (χ2n) is 17.5. The molecule has 10 rings (SSSR count). The van der Waals surface area contributed by atoms with Crippen molar-refractivity contribution in [2.45, 2.75) is 112 Å². The van der Waals surface area contributed by atoms with Gasteiger partial charge in [0.2, 0.25) is 27.8 Å². The first-order valence-corrected chi connectivity index (χ1v) is 22.8. The fourth-order valence-corrected chi connectivity index (χ4v) is 11.6. The Kier molecular flexibility index (Phi) is 9.88. The number of nitrogens with one attached hydrogen (secondary N) is 2. The highest BCUT2D eigenvalue weighted by Crippen LogP contribution is 2.57. The van der Waals surface area contributed by atoms with E-state index in [1.165, 1.54) is 21.0 Å². The summed E-state index contributed by atoms with van der Waals surface area (Å²) in [5.41, 5.74) is 3.39. The zero-order valence-electron chi connectivity index (χ0n) is 33.8. The van der Waals surface area contributed by atoms with Gasteiger partial charge in [-0.2, -0.15) is 14.4 Å². The molecule has 3 aromatic heterocycles. The Morgan fingerprint density at radius 2 is 1.73 bits per heavy atom. The van der Waals surface area contributed by atoms with E-state index in [1.54, 1.807) is 23.1 Å². The number of aliphatic hydroxyl groups is 1. The summed E-state index contributed by atoms with van der Waals surface area (Å²) in [4.78, 5) is 57.6. The molecule has 1 unspecified atom stereocenters. The molecule has 3 N–H and O–H groups in total. The van der Waals surface area contributed by atoms with E-state index in [4.69, 9.17) is 4.98 Å². The zero-order chi connectivity index (χ0) is 41.3. The lowest BCUT2D eigenvalue weighted by Gasteiger charge is -2.34. The molecule has 0 bridgehead atoms. The number of pyridine rings is 1. The maximum atomic E-state index is 13.9. The molecule has 4 aliphatic heterocycles. The van der Waals surface area contributed by atoms with Gasteiger partial charge >= 0.3 is 6.03 Å². The van der Waals surface area contributed by atoms with Crippen molar-refractivity contribution in [2.24, 2.45) is 7.05 Å². The van der Waals surface area contributed by atoms with Crippen molar-refractivity contribution in [3.63, 3.8) is 0 Å².